The van der Waals surface area contributed by atoms with E-state index in [4.69, 9.17) is 10.5 Å². The number of rotatable bonds is 4. The fourth-order valence-corrected chi connectivity index (χ4v) is 2.67. The number of nitrogens with two attached hydrogens (primary N) is 1. The van der Waals surface area contributed by atoms with Gasteiger partial charge in [-0.3, -0.25) is 4.79 Å². The monoisotopic (exact) mass is 255 g/mol. The quantitative estimate of drug-likeness (QED) is 0.739. The molecular weight excluding hydrogens is 230 g/mol. The highest BCUT2D eigenvalue weighted by Crippen LogP contribution is 2.11. The molecule has 2 atom stereocenters. The van der Waals surface area contributed by atoms with Crippen LogP contribution in [0.3, 0.4) is 0 Å². The first-order valence-corrected chi connectivity index (χ1v) is 7.11. The molecule has 1 amide bonds. The molecule has 2 rings (SSSR count). The highest BCUT2D eigenvalue weighted by molar-refractivity contribution is 5.79. The molecule has 0 aliphatic carbocycles. The van der Waals surface area contributed by atoms with Crippen LogP contribution in [0.25, 0.3) is 0 Å². The summed E-state index contributed by atoms with van der Waals surface area (Å²) in [6, 6.07) is -0.136. The van der Waals surface area contributed by atoms with E-state index in [1.54, 1.807) is 0 Å². The van der Waals surface area contributed by atoms with E-state index in [1.165, 1.54) is 38.8 Å². The summed E-state index contributed by atoms with van der Waals surface area (Å²) in [5.41, 5.74) is 5.82. The lowest BCUT2D eigenvalue weighted by Crippen LogP contribution is -2.43. The predicted molar refractivity (Wildman–Crippen MR) is 70.2 cm³/mol. The van der Waals surface area contributed by atoms with Gasteiger partial charge in [-0.25, -0.2) is 0 Å². The fraction of sp³-hybridized carbons (Fsp3) is 0.923. The van der Waals surface area contributed by atoms with E-state index in [0.29, 0.717) is 13.2 Å². The minimum atomic E-state index is -0.158. The van der Waals surface area contributed by atoms with Crippen LogP contribution in [-0.4, -0.2) is 56.2 Å². The van der Waals surface area contributed by atoms with Crippen LogP contribution in [0.1, 0.15) is 25.7 Å². The van der Waals surface area contributed by atoms with E-state index < -0.39 is 0 Å². The number of nitrogens with zero attached hydrogens (tertiary/aromatic N) is 1. The Morgan fingerprint density at radius 3 is 2.56 bits per heavy atom. The van der Waals surface area contributed by atoms with Crippen LogP contribution in [0, 0.1) is 5.92 Å². The summed E-state index contributed by atoms with van der Waals surface area (Å²) in [5, 5.41) is 2.98. The van der Waals surface area contributed by atoms with E-state index in [1.807, 2.05) is 0 Å². The molecule has 0 spiro atoms. The topological polar surface area (TPSA) is 67.6 Å². The summed E-state index contributed by atoms with van der Waals surface area (Å²) in [6.07, 6.45) is 5.26. The smallest absolute Gasteiger partial charge is 0.227 e. The van der Waals surface area contributed by atoms with Crippen molar-refractivity contribution < 1.29 is 9.53 Å². The SMILES string of the molecule is NC1COCC1C(=O)NCCN1CCCCCC1. The standard InChI is InChI=1S/C13H25N3O2/c14-12-10-18-9-11(12)13(17)15-5-8-16-6-3-1-2-4-7-16/h11-12H,1-10,14H2,(H,15,17). The molecule has 0 saturated carbocycles. The second-order valence-corrected chi connectivity index (χ2v) is 5.35. The Morgan fingerprint density at radius 1 is 1.22 bits per heavy atom. The van der Waals surface area contributed by atoms with Crippen molar-refractivity contribution in [3.63, 3.8) is 0 Å². The van der Waals surface area contributed by atoms with Gasteiger partial charge in [-0.05, 0) is 25.9 Å². The van der Waals surface area contributed by atoms with Gasteiger partial charge in [0.2, 0.25) is 5.91 Å². The van der Waals surface area contributed by atoms with Crippen LogP contribution < -0.4 is 11.1 Å². The number of ether oxygens (including phenoxy) is 1. The van der Waals surface area contributed by atoms with Gasteiger partial charge < -0.3 is 20.7 Å². The van der Waals surface area contributed by atoms with Crippen LogP contribution in [0.4, 0.5) is 0 Å². The maximum Gasteiger partial charge on any atom is 0.227 e. The number of likely N-dealkylation sites (tertiary alicyclic amines) is 1. The average Bonchev–Trinajstić information content (AvgIpc) is 2.63. The van der Waals surface area contributed by atoms with Crippen molar-refractivity contribution in [3.05, 3.63) is 0 Å². The second-order valence-electron chi connectivity index (χ2n) is 5.35. The summed E-state index contributed by atoms with van der Waals surface area (Å²) in [5.74, 6) is -0.107. The van der Waals surface area contributed by atoms with Crippen molar-refractivity contribution in [3.8, 4) is 0 Å². The van der Waals surface area contributed by atoms with Gasteiger partial charge in [0.1, 0.15) is 0 Å². The second kappa shape index (κ2) is 7.07. The normalized spacial score (nSPS) is 30.1. The van der Waals surface area contributed by atoms with Gasteiger partial charge in [0.05, 0.1) is 19.1 Å². The number of nitrogens with one attached hydrogen (secondary N) is 1. The minimum absolute atomic E-state index is 0.0508. The molecule has 104 valence electrons. The van der Waals surface area contributed by atoms with Crippen molar-refractivity contribution in [2.75, 3.05) is 39.4 Å². The molecule has 2 aliphatic heterocycles. The molecule has 0 aromatic rings. The Kier molecular flexibility index (Phi) is 5.41. The highest BCUT2D eigenvalue weighted by atomic mass is 16.5. The summed E-state index contributed by atoms with van der Waals surface area (Å²) < 4.78 is 5.21. The van der Waals surface area contributed by atoms with Crippen molar-refractivity contribution in [2.45, 2.75) is 31.7 Å². The van der Waals surface area contributed by atoms with Gasteiger partial charge in [0.25, 0.3) is 0 Å². The average molecular weight is 255 g/mol. The highest BCUT2D eigenvalue weighted by Gasteiger charge is 2.30. The minimum Gasteiger partial charge on any atom is -0.379 e. The Hall–Kier alpha value is -0.650. The molecule has 2 saturated heterocycles. The molecule has 0 radical (unpaired) electrons. The maximum atomic E-state index is 11.9. The first-order chi connectivity index (χ1) is 8.77. The molecule has 0 aromatic heterocycles. The van der Waals surface area contributed by atoms with Crippen LogP contribution in [0.2, 0.25) is 0 Å². The molecule has 2 aliphatic rings. The molecule has 5 heteroatoms. The molecule has 18 heavy (non-hydrogen) atoms. The van der Waals surface area contributed by atoms with Gasteiger partial charge in [0, 0.05) is 19.1 Å². The number of hydrogen-bond acceptors (Lipinski definition) is 4. The zero-order chi connectivity index (χ0) is 12.8. The summed E-state index contributed by atoms with van der Waals surface area (Å²) in [4.78, 5) is 14.3. The first kappa shape index (κ1) is 13.8. The Labute approximate surface area is 109 Å². The lowest BCUT2D eigenvalue weighted by molar-refractivity contribution is -0.125. The molecule has 5 nitrogen and oxygen atoms in total. The van der Waals surface area contributed by atoms with E-state index >= 15 is 0 Å². The van der Waals surface area contributed by atoms with Crippen LogP contribution in [-0.2, 0) is 9.53 Å². The van der Waals surface area contributed by atoms with E-state index in [0.717, 1.165) is 13.1 Å². The van der Waals surface area contributed by atoms with Gasteiger partial charge >= 0.3 is 0 Å². The van der Waals surface area contributed by atoms with Gasteiger partial charge in [-0.15, -0.1) is 0 Å². The molecule has 2 fully saturated rings. The Balaban J connectivity index is 1.63. The Bertz CT molecular complexity index is 265. The van der Waals surface area contributed by atoms with Gasteiger partial charge in [-0.2, -0.15) is 0 Å². The summed E-state index contributed by atoms with van der Waals surface area (Å²) >= 11 is 0. The summed E-state index contributed by atoms with van der Waals surface area (Å²) in [6.45, 7) is 4.99. The molecule has 2 unspecified atom stereocenters. The van der Waals surface area contributed by atoms with Crippen LogP contribution in [0.15, 0.2) is 0 Å². The van der Waals surface area contributed by atoms with Crippen molar-refractivity contribution in [1.29, 1.82) is 0 Å². The number of amides is 1. The molecular formula is C13H25N3O2. The predicted octanol–water partition coefficient (Wildman–Crippen LogP) is -0.0477. The van der Waals surface area contributed by atoms with E-state index in [2.05, 4.69) is 10.2 Å². The number of carbonyl (C=O) groups excluding carboxylic acids is 1. The van der Waals surface area contributed by atoms with Crippen molar-refractivity contribution in [1.82, 2.24) is 10.2 Å². The van der Waals surface area contributed by atoms with Crippen LogP contribution in [0.5, 0.6) is 0 Å². The molecule has 2 heterocycles. The zero-order valence-electron chi connectivity index (χ0n) is 11.1. The first-order valence-electron chi connectivity index (χ1n) is 7.11. The van der Waals surface area contributed by atoms with Crippen molar-refractivity contribution in [2.24, 2.45) is 11.7 Å². The van der Waals surface area contributed by atoms with Gasteiger partial charge in [0.15, 0.2) is 0 Å². The van der Waals surface area contributed by atoms with E-state index in [-0.39, 0.29) is 17.9 Å². The third-order valence-electron chi connectivity index (χ3n) is 3.89. The molecule has 0 aromatic carbocycles. The molecule has 0 bridgehead atoms. The number of carbonyl (C=O) groups is 1. The third kappa shape index (κ3) is 3.93. The third-order valence-corrected chi connectivity index (χ3v) is 3.89. The molecule has 3 N–H and O–H groups in total. The van der Waals surface area contributed by atoms with Gasteiger partial charge in [-0.1, -0.05) is 12.8 Å². The lowest BCUT2D eigenvalue weighted by Gasteiger charge is -2.20. The lowest BCUT2D eigenvalue weighted by atomic mass is 10.0. The van der Waals surface area contributed by atoms with Crippen LogP contribution >= 0.6 is 0 Å². The fourth-order valence-electron chi connectivity index (χ4n) is 2.67. The zero-order valence-corrected chi connectivity index (χ0v) is 11.1. The maximum absolute atomic E-state index is 11.9. The number of hydrogen-bond donors (Lipinski definition) is 2. The summed E-state index contributed by atoms with van der Waals surface area (Å²) in [7, 11) is 0. The van der Waals surface area contributed by atoms with Crippen molar-refractivity contribution >= 4 is 5.91 Å². The largest absolute Gasteiger partial charge is 0.379 e. The Morgan fingerprint density at radius 2 is 1.94 bits per heavy atom. The van der Waals surface area contributed by atoms with E-state index in [9.17, 15) is 4.79 Å².